The van der Waals surface area contributed by atoms with Crippen molar-refractivity contribution in [3.63, 3.8) is 0 Å². The lowest BCUT2D eigenvalue weighted by Crippen LogP contribution is -2.22. The number of thiazole rings is 1. The highest BCUT2D eigenvalue weighted by molar-refractivity contribution is 7.15. The molecule has 4 aromatic rings. The topological polar surface area (TPSA) is 34.4 Å². The number of rotatable bonds is 1. The van der Waals surface area contributed by atoms with Crippen LogP contribution in [0, 0.1) is 27.7 Å². The van der Waals surface area contributed by atoms with Crippen LogP contribution in [0.2, 0.25) is 0 Å². The van der Waals surface area contributed by atoms with Gasteiger partial charge >= 0.3 is 0 Å². The molecular weight excluding hydrogens is 316 g/mol. The van der Waals surface area contributed by atoms with Gasteiger partial charge in [0.25, 0.3) is 5.56 Å². The zero-order valence-electron chi connectivity index (χ0n) is 14.2. The van der Waals surface area contributed by atoms with Crippen LogP contribution in [0.15, 0.2) is 35.1 Å². The number of aryl methyl sites for hydroxylation is 3. The van der Waals surface area contributed by atoms with Crippen molar-refractivity contribution in [3.8, 4) is 0 Å². The highest BCUT2D eigenvalue weighted by atomic mass is 32.1. The van der Waals surface area contributed by atoms with Crippen LogP contribution < -0.4 is 10.1 Å². The zero-order chi connectivity index (χ0) is 17.0. The first kappa shape index (κ1) is 15.1. The van der Waals surface area contributed by atoms with Gasteiger partial charge in [0.15, 0.2) is 4.96 Å². The summed E-state index contributed by atoms with van der Waals surface area (Å²) in [6.45, 7) is 8.31. The number of imidazole rings is 1. The fourth-order valence-corrected chi connectivity index (χ4v) is 3.97. The van der Waals surface area contributed by atoms with Gasteiger partial charge in [-0.2, -0.15) is 0 Å². The van der Waals surface area contributed by atoms with Gasteiger partial charge in [0.05, 0.1) is 15.6 Å². The van der Waals surface area contributed by atoms with E-state index in [0.29, 0.717) is 0 Å². The Balaban J connectivity index is 2.03. The summed E-state index contributed by atoms with van der Waals surface area (Å²) < 4.78 is 2.47. The number of fused-ring (bicyclic) bond motifs is 3. The largest absolute Gasteiger partial charge is 0.274 e. The normalized spacial score (nSPS) is 12.6. The predicted octanol–water partition coefficient (Wildman–Crippen LogP) is 3.69. The number of benzene rings is 2. The van der Waals surface area contributed by atoms with Gasteiger partial charge in [0.2, 0.25) is 0 Å². The smallest absolute Gasteiger partial charge is 0.267 e. The standard InChI is InChI=1S/C20H18N2OS/c1-11-6-5-7-15(14(11)4)10-18-19(23)22-17-9-13(3)12(2)8-16(17)21-20(22)24-18/h5-10H,1-4H3/b18-10-. The summed E-state index contributed by atoms with van der Waals surface area (Å²) >= 11 is 1.45. The molecule has 0 saturated heterocycles. The van der Waals surface area contributed by atoms with Crippen LogP contribution >= 0.6 is 11.3 Å². The molecule has 0 spiro atoms. The van der Waals surface area contributed by atoms with E-state index in [0.717, 1.165) is 26.1 Å². The zero-order valence-corrected chi connectivity index (χ0v) is 15.0. The minimum Gasteiger partial charge on any atom is -0.267 e. The van der Waals surface area contributed by atoms with Crippen molar-refractivity contribution in [2.45, 2.75) is 27.7 Å². The molecule has 0 fully saturated rings. The molecule has 0 unspecified atom stereocenters. The second-order valence-electron chi connectivity index (χ2n) is 6.36. The number of hydrogen-bond acceptors (Lipinski definition) is 3. The molecule has 120 valence electrons. The Kier molecular flexibility index (Phi) is 3.32. The van der Waals surface area contributed by atoms with E-state index in [1.54, 1.807) is 4.40 Å². The quantitative estimate of drug-likeness (QED) is 0.532. The van der Waals surface area contributed by atoms with Crippen molar-refractivity contribution in [3.05, 3.63) is 73.0 Å². The maximum Gasteiger partial charge on any atom is 0.274 e. The van der Waals surface area contributed by atoms with Gasteiger partial charge in [-0.3, -0.25) is 4.79 Å². The van der Waals surface area contributed by atoms with Crippen molar-refractivity contribution in [1.29, 1.82) is 0 Å². The molecule has 2 aromatic carbocycles. The summed E-state index contributed by atoms with van der Waals surface area (Å²) in [5, 5.41) is 0. The van der Waals surface area contributed by atoms with Gasteiger partial charge in [0.1, 0.15) is 0 Å². The Hall–Kier alpha value is -2.46. The third-order valence-electron chi connectivity index (χ3n) is 4.79. The van der Waals surface area contributed by atoms with E-state index in [4.69, 9.17) is 0 Å². The van der Waals surface area contributed by atoms with Gasteiger partial charge in [0, 0.05) is 0 Å². The molecule has 4 heteroatoms. The van der Waals surface area contributed by atoms with Gasteiger partial charge in [-0.05, 0) is 73.7 Å². The average Bonchev–Trinajstić information content (AvgIpc) is 3.02. The van der Waals surface area contributed by atoms with Crippen LogP contribution in [0.1, 0.15) is 27.8 Å². The molecule has 0 atom stereocenters. The van der Waals surface area contributed by atoms with E-state index >= 15 is 0 Å². The number of nitrogens with zero attached hydrogens (tertiary/aromatic N) is 2. The molecule has 2 aromatic heterocycles. The molecule has 2 heterocycles. The Morgan fingerprint density at radius 1 is 1.04 bits per heavy atom. The highest BCUT2D eigenvalue weighted by Gasteiger charge is 2.12. The maximum absolute atomic E-state index is 12.9. The average molecular weight is 334 g/mol. The second-order valence-corrected chi connectivity index (χ2v) is 7.37. The molecule has 0 saturated carbocycles. The molecule has 0 radical (unpaired) electrons. The van der Waals surface area contributed by atoms with E-state index < -0.39 is 0 Å². The lowest BCUT2D eigenvalue weighted by atomic mass is 10.0. The van der Waals surface area contributed by atoms with Crippen molar-refractivity contribution in [2.75, 3.05) is 0 Å². The predicted molar refractivity (Wildman–Crippen MR) is 101 cm³/mol. The van der Waals surface area contributed by atoms with E-state index in [9.17, 15) is 4.79 Å². The van der Waals surface area contributed by atoms with E-state index in [-0.39, 0.29) is 5.56 Å². The second kappa shape index (κ2) is 5.28. The van der Waals surface area contributed by atoms with Crippen molar-refractivity contribution >= 4 is 33.4 Å². The first-order chi connectivity index (χ1) is 11.5. The summed E-state index contributed by atoms with van der Waals surface area (Å²) in [7, 11) is 0. The van der Waals surface area contributed by atoms with E-state index in [2.05, 4.69) is 56.9 Å². The lowest BCUT2D eigenvalue weighted by molar-refractivity contribution is 1.18. The Morgan fingerprint density at radius 3 is 2.58 bits per heavy atom. The first-order valence-corrected chi connectivity index (χ1v) is 8.77. The third-order valence-corrected chi connectivity index (χ3v) is 5.76. The van der Waals surface area contributed by atoms with Crippen LogP contribution in [-0.4, -0.2) is 9.38 Å². The van der Waals surface area contributed by atoms with Crippen LogP contribution in [0.4, 0.5) is 0 Å². The summed E-state index contributed by atoms with van der Waals surface area (Å²) in [4.78, 5) is 18.3. The summed E-state index contributed by atoms with van der Waals surface area (Å²) in [5.41, 5.74) is 7.70. The number of hydrogen-bond donors (Lipinski definition) is 0. The van der Waals surface area contributed by atoms with Crippen LogP contribution in [0.5, 0.6) is 0 Å². The molecule has 24 heavy (non-hydrogen) atoms. The Bertz CT molecular complexity index is 1210. The lowest BCUT2D eigenvalue weighted by Gasteiger charge is -2.02. The van der Waals surface area contributed by atoms with Crippen LogP contribution in [0.3, 0.4) is 0 Å². The summed E-state index contributed by atoms with van der Waals surface area (Å²) in [5.74, 6) is 0. The molecule has 0 N–H and O–H groups in total. The van der Waals surface area contributed by atoms with E-state index in [1.807, 2.05) is 12.1 Å². The fraction of sp³-hybridized carbons (Fsp3) is 0.200. The van der Waals surface area contributed by atoms with Gasteiger partial charge in [-0.25, -0.2) is 9.38 Å². The molecule has 0 aliphatic carbocycles. The first-order valence-electron chi connectivity index (χ1n) is 7.96. The monoisotopic (exact) mass is 334 g/mol. The van der Waals surface area contributed by atoms with Crippen molar-refractivity contribution in [2.24, 2.45) is 0 Å². The SMILES string of the molecule is Cc1cc2nc3s/c(=C\c4cccc(C)c4C)c(=O)n3c2cc1C. The summed E-state index contributed by atoms with van der Waals surface area (Å²) in [6, 6.07) is 10.3. The Morgan fingerprint density at radius 2 is 1.79 bits per heavy atom. The number of aromatic nitrogens is 2. The van der Waals surface area contributed by atoms with Gasteiger partial charge < -0.3 is 0 Å². The molecular formula is C20H18N2OS. The van der Waals surface area contributed by atoms with Crippen LogP contribution in [0.25, 0.3) is 22.1 Å². The van der Waals surface area contributed by atoms with Crippen LogP contribution in [-0.2, 0) is 0 Å². The Labute approximate surface area is 143 Å². The van der Waals surface area contributed by atoms with E-state index in [1.165, 1.54) is 33.6 Å². The summed E-state index contributed by atoms with van der Waals surface area (Å²) in [6.07, 6.45) is 1.98. The molecule has 0 aliphatic rings. The highest BCUT2D eigenvalue weighted by Crippen LogP contribution is 2.21. The minimum absolute atomic E-state index is 0.0154. The molecule has 3 nitrogen and oxygen atoms in total. The maximum atomic E-state index is 12.9. The van der Waals surface area contributed by atoms with Gasteiger partial charge in [-0.15, -0.1) is 0 Å². The minimum atomic E-state index is 0.0154. The van der Waals surface area contributed by atoms with Crippen molar-refractivity contribution < 1.29 is 0 Å². The van der Waals surface area contributed by atoms with Gasteiger partial charge in [-0.1, -0.05) is 29.5 Å². The molecule has 0 bridgehead atoms. The molecule has 4 rings (SSSR count). The molecule has 0 amide bonds. The fourth-order valence-electron chi connectivity index (χ4n) is 2.99. The van der Waals surface area contributed by atoms with Crippen molar-refractivity contribution in [1.82, 2.24) is 9.38 Å². The third kappa shape index (κ3) is 2.18. The molecule has 0 aliphatic heterocycles.